The van der Waals surface area contributed by atoms with E-state index in [1.165, 1.54) is 20.3 Å². The molecule has 38 heavy (non-hydrogen) atoms. The van der Waals surface area contributed by atoms with E-state index < -0.39 is 0 Å². The molecule has 0 aliphatic carbocycles. The van der Waals surface area contributed by atoms with Crippen LogP contribution in [0.2, 0.25) is 0 Å². The van der Waals surface area contributed by atoms with E-state index in [4.69, 9.17) is 9.47 Å². The third-order valence-corrected chi connectivity index (χ3v) is 5.22. The van der Waals surface area contributed by atoms with Gasteiger partial charge in [-0.1, -0.05) is 6.07 Å². The van der Waals surface area contributed by atoms with Crippen molar-refractivity contribution in [2.45, 2.75) is 12.8 Å². The van der Waals surface area contributed by atoms with E-state index in [0.29, 0.717) is 34.0 Å². The molecule has 0 bridgehead atoms. The van der Waals surface area contributed by atoms with Gasteiger partial charge in [-0.15, -0.1) is 0 Å². The van der Waals surface area contributed by atoms with Crippen molar-refractivity contribution < 1.29 is 38.1 Å². The van der Waals surface area contributed by atoms with Gasteiger partial charge < -0.3 is 29.6 Å². The van der Waals surface area contributed by atoms with Gasteiger partial charge in [0.25, 0.3) is 11.8 Å². The Hall–Kier alpha value is -4.86. The molecule has 0 spiro atoms. The molecular weight excluding hydrogens is 492 g/mol. The number of ether oxygens (including phenoxy) is 4. The Kier molecular flexibility index (Phi) is 10.2. The first-order valence-electron chi connectivity index (χ1n) is 11.7. The highest BCUT2D eigenvalue weighted by atomic mass is 16.5. The largest absolute Gasteiger partial charge is 0.493 e. The number of amides is 2. The van der Waals surface area contributed by atoms with Crippen molar-refractivity contribution in [1.82, 2.24) is 0 Å². The molecule has 0 atom stereocenters. The quantitative estimate of drug-likeness (QED) is 0.342. The van der Waals surface area contributed by atoms with Crippen LogP contribution in [0.1, 0.15) is 33.6 Å². The number of methoxy groups -OCH3 is 2. The Morgan fingerprint density at radius 2 is 1.00 bits per heavy atom. The predicted octanol–water partition coefficient (Wildman–Crippen LogP) is 4.08. The Morgan fingerprint density at radius 1 is 0.605 bits per heavy atom. The molecule has 2 N–H and O–H groups in total. The van der Waals surface area contributed by atoms with Gasteiger partial charge in [0.05, 0.1) is 40.3 Å². The first-order valence-corrected chi connectivity index (χ1v) is 11.7. The summed E-state index contributed by atoms with van der Waals surface area (Å²) in [6.07, 6.45) is 0.272. The number of nitrogens with one attached hydrogen (secondary N) is 2. The molecule has 0 fully saturated rings. The van der Waals surface area contributed by atoms with Crippen molar-refractivity contribution in [2.24, 2.45) is 0 Å². The maximum atomic E-state index is 12.7. The van der Waals surface area contributed by atoms with Crippen LogP contribution in [-0.2, 0) is 19.1 Å². The molecule has 3 rings (SSSR count). The third kappa shape index (κ3) is 8.66. The second-order valence-corrected chi connectivity index (χ2v) is 7.89. The van der Waals surface area contributed by atoms with Gasteiger partial charge in [-0.25, -0.2) is 0 Å². The maximum Gasteiger partial charge on any atom is 0.308 e. The summed E-state index contributed by atoms with van der Waals surface area (Å²) in [6, 6.07) is 19.7. The Bertz CT molecular complexity index is 1160. The molecule has 0 aliphatic rings. The lowest BCUT2D eigenvalue weighted by molar-refractivity contribution is -0.142. The molecule has 0 saturated heterocycles. The number of rotatable bonds is 12. The van der Waals surface area contributed by atoms with Gasteiger partial charge in [0.2, 0.25) is 0 Å². The van der Waals surface area contributed by atoms with Crippen LogP contribution in [0.3, 0.4) is 0 Å². The van der Waals surface area contributed by atoms with Crippen molar-refractivity contribution in [1.29, 1.82) is 0 Å². The number of anilines is 2. The zero-order valence-electron chi connectivity index (χ0n) is 21.0. The summed E-state index contributed by atoms with van der Waals surface area (Å²) in [5.74, 6) is -0.389. The van der Waals surface area contributed by atoms with Crippen LogP contribution in [0.5, 0.6) is 11.5 Å². The molecule has 2 amide bonds. The highest BCUT2D eigenvalue weighted by Gasteiger charge is 2.12. The lowest BCUT2D eigenvalue weighted by atomic mass is 10.1. The number of hydrogen-bond donors (Lipinski definition) is 2. The van der Waals surface area contributed by atoms with E-state index >= 15 is 0 Å². The molecule has 0 heterocycles. The van der Waals surface area contributed by atoms with E-state index in [1.807, 2.05) is 0 Å². The van der Waals surface area contributed by atoms with Crippen molar-refractivity contribution >= 4 is 35.1 Å². The van der Waals surface area contributed by atoms with Gasteiger partial charge in [0, 0.05) is 22.5 Å². The molecule has 198 valence electrons. The van der Waals surface area contributed by atoms with Crippen LogP contribution in [-0.4, -0.2) is 51.2 Å². The van der Waals surface area contributed by atoms with Crippen molar-refractivity contribution in [3.8, 4) is 11.5 Å². The van der Waals surface area contributed by atoms with Crippen molar-refractivity contribution in [3.05, 3.63) is 83.9 Å². The minimum Gasteiger partial charge on any atom is -0.493 e. The fourth-order valence-electron chi connectivity index (χ4n) is 3.19. The topological polar surface area (TPSA) is 129 Å². The summed E-state index contributed by atoms with van der Waals surface area (Å²) < 4.78 is 20.1. The molecule has 0 aromatic heterocycles. The second kappa shape index (κ2) is 14.0. The first-order chi connectivity index (χ1) is 18.4. The summed E-state index contributed by atoms with van der Waals surface area (Å²) in [4.78, 5) is 47.8. The van der Waals surface area contributed by atoms with E-state index in [-0.39, 0.29) is 49.8 Å². The SMILES string of the molecule is COC(=O)CCOc1ccc(NC(=O)c2cccc(C(=O)Nc3ccc(OCCC(=O)OC)cc3)c2)cc1. The molecule has 0 saturated carbocycles. The second-order valence-electron chi connectivity index (χ2n) is 7.89. The fraction of sp³-hybridized carbons (Fsp3) is 0.214. The van der Waals surface area contributed by atoms with Gasteiger partial charge in [0.1, 0.15) is 11.5 Å². The molecule has 0 radical (unpaired) electrons. The summed E-state index contributed by atoms with van der Waals surface area (Å²) >= 11 is 0. The lowest BCUT2D eigenvalue weighted by Crippen LogP contribution is -2.15. The molecule has 3 aromatic rings. The normalized spacial score (nSPS) is 10.2. The molecule has 0 aliphatic heterocycles. The average molecular weight is 521 g/mol. The van der Waals surface area contributed by atoms with Gasteiger partial charge in [0.15, 0.2) is 0 Å². The van der Waals surface area contributed by atoms with Crippen LogP contribution in [0.25, 0.3) is 0 Å². The Balaban J connectivity index is 1.52. The molecule has 0 unspecified atom stereocenters. The third-order valence-electron chi connectivity index (χ3n) is 5.22. The van der Waals surface area contributed by atoms with Crippen LogP contribution >= 0.6 is 0 Å². The number of esters is 2. The average Bonchev–Trinajstić information content (AvgIpc) is 2.94. The summed E-state index contributed by atoms with van der Waals surface area (Å²) in [5.41, 5.74) is 1.70. The number of benzene rings is 3. The Morgan fingerprint density at radius 3 is 1.37 bits per heavy atom. The summed E-state index contributed by atoms with van der Waals surface area (Å²) in [5, 5.41) is 5.55. The zero-order chi connectivity index (χ0) is 27.3. The van der Waals surface area contributed by atoms with E-state index in [9.17, 15) is 19.2 Å². The van der Waals surface area contributed by atoms with Crippen LogP contribution in [0.4, 0.5) is 11.4 Å². The van der Waals surface area contributed by atoms with Gasteiger partial charge >= 0.3 is 11.9 Å². The standard InChI is InChI=1S/C28H28N2O8/c1-35-25(31)14-16-37-23-10-6-21(7-11-23)29-27(33)19-4-3-5-20(18-19)28(34)30-22-8-12-24(13-9-22)38-17-15-26(32)36-2/h3-13,18H,14-17H2,1-2H3,(H,29,33)(H,30,34). The smallest absolute Gasteiger partial charge is 0.308 e. The van der Waals surface area contributed by atoms with Gasteiger partial charge in [-0.2, -0.15) is 0 Å². The van der Waals surface area contributed by atoms with Crippen LogP contribution in [0.15, 0.2) is 72.8 Å². The summed E-state index contributed by atoms with van der Waals surface area (Å²) in [6.45, 7) is 0.365. The molecule has 10 nitrogen and oxygen atoms in total. The van der Waals surface area contributed by atoms with Crippen LogP contribution < -0.4 is 20.1 Å². The maximum absolute atomic E-state index is 12.7. The van der Waals surface area contributed by atoms with Gasteiger partial charge in [-0.05, 0) is 66.7 Å². The van der Waals surface area contributed by atoms with Gasteiger partial charge in [-0.3, -0.25) is 19.2 Å². The monoisotopic (exact) mass is 520 g/mol. The minimum atomic E-state index is -0.382. The zero-order valence-corrected chi connectivity index (χ0v) is 21.0. The number of carbonyl (C=O) groups is 4. The Labute approximate surface area is 219 Å². The predicted molar refractivity (Wildman–Crippen MR) is 139 cm³/mol. The number of carbonyl (C=O) groups excluding carboxylic acids is 4. The number of hydrogen-bond acceptors (Lipinski definition) is 8. The molecular formula is C28H28N2O8. The highest BCUT2D eigenvalue weighted by Crippen LogP contribution is 2.19. The van der Waals surface area contributed by atoms with E-state index in [1.54, 1.807) is 66.7 Å². The molecule has 10 heteroatoms. The van der Waals surface area contributed by atoms with E-state index in [0.717, 1.165) is 0 Å². The molecule has 3 aromatic carbocycles. The van der Waals surface area contributed by atoms with Crippen molar-refractivity contribution in [3.63, 3.8) is 0 Å². The highest BCUT2D eigenvalue weighted by molar-refractivity contribution is 6.08. The lowest BCUT2D eigenvalue weighted by Gasteiger charge is -2.10. The van der Waals surface area contributed by atoms with Crippen molar-refractivity contribution in [2.75, 3.05) is 38.1 Å². The fourth-order valence-corrected chi connectivity index (χ4v) is 3.19. The summed E-state index contributed by atoms with van der Waals surface area (Å²) in [7, 11) is 2.63. The first kappa shape index (κ1) is 27.7. The minimum absolute atomic E-state index is 0.136. The van der Waals surface area contributed by atoms with E-state index in [2.05, 4.69) is 20.1 Å². The van der Waals surface area contributed by atoms with Crippen LogP contribution in [0, 0.1) is 0 Å².